The van der Waals surface area contributed by atoms with E-state index in [1.54, 1.807) is 23.9 Å². The molecule has 0 spiro atoms. The summed E-state index contributed by atoms with van der Waals surface area (Å²) in [4.78, 5) is 14.8. The number of piperidine rings is 1. The molecule has 3 nitrogen and oxygen atoms in total. The Morgan fingerprint density at radius 2 is 2.04 bits per heavy atom. The number of fused-ring (bicyclic) bond motifs is 1. The average molecular weight is 348 g/mol. The molecule has 1 heterocycles. The van der Waals surface area contributed by atoms with Crippen molar-refractivity contribution in [3.8, 4) is 0 Å². The first kappa shape index (κ1) is 17.6. The summed E-state index contributed by atoms with van der Waals surface area (Å²) < 4.78 is 12.9. The Labute approximate surface area is 147 Å². The molecule has 5 heteroatoms. The number of benzene rings is 1. The monoisotopic (exact) mass is 348 g/mol. The molecule has 0 amide bonds. The van der Waals surface area contributed by atoms with Gasteiger partial charge in [-0.1, -0.05) is 6.92 Å². The van der Waals surface area contributed by atoms with Crippen molar-refractivity contribution < 1.29 is 9.18 Å². The lowest BCUT2D eigenvalue weighted by atomic mass is 10.00. The molecule has 1 aromatic rings. The molecule has 0 radical (unpaired) electrons. The quantitative estimate of drug-likeness (QED) is 0.594. The summed E-state index contributed by atoms with van der Waals surface area (Å²) in [6.45, 7) is 6.62. The van der Waals surface area contributed by atoms with Gasteiger partial charge in [0.2, 0.25) is 0 Å². The number of rotatable bonds is 7. The summed E-state index contributed by atoms with van der Waals surface area (Å²) in [6, 6.07) is 6.82. The molecular weight excluding hydrogens is 323 g/mol. The molecule has 130 valence electrons. The standard InChI is InChI=1S/C19H25FN2OS/c1-12(2)22-18-8-16(21)10-19(18,22)9-13(3)24-11-17(23)14-4-6-15(20)7-5-14/h4-7,12-13,18,21H,8-11H2,1-3H3. The third-order valence-electron chi connectivity index (χ3n) is 5.22. The van der Waals surface area contributed by atoms with Crippen LogP contribution in [-0.2, 0) is 0 Å². The van der Waals surface area contributed by atoms with Crippen LogP contribution in [0.2, 0.25) is 0 Å². The van der Waals surface area contributed by atoms with Gasteiger partial charge in [-0.05, 0) is 44.5 Å². The van der Waals surface area contributed by atoms with Gasteiger partial charge in [-0.3, -0.25) is 9.69 Å². The second kappa shape index (κ2) is 6.60. The van der Waals surface area contributed by atoms with Crippen LogP contribution >= 0.6 is 11.8 Å². The second-order valence-corrected chi connectivity index (χ2v) is 8.79. The predicted octanol–water partition coefficient (Wildman–Crippen LogP) is 4.17. The summed E-state index contributed by atoms with van der Waals surface area (Å²) >= 11 is 1.67. The Balaban J connectivity index is 1.54. The third kappa shape index (κ3) is 3.29. The SMILES string of the molecule is CC(CC12CC(=N)CC1N2C(C)C)SCC(=O)c1ccc(F)cc1. The van der Waals surface area contributed by atoms with E-state index in [-0.39, 0.29) is 17.1 Å². The van der Waals surface area contributed by atoms with Crippen molar-refractivity contribution in [3.63, 3.8) is 0 Å². The molecular formula is C19H25FN2OS. The van der Waals surface area contributed by atoms with E-state index in [0.29, 0.717) is 28.6 Å². The van der Waals surface area contributed by atoms with Gasteiger partial charge >= 0.3 is 0 Å². The second-order valence-electron chi connectivity index (χ2n) is 7.36. The molecule has 1 N–H and O–H groups in total. The van der Waals surface area contributed by atoms with Gasteiger partial charge in [0.25, 0.3) is 0 Å². The summed E-state index contributed by atoms with van der Waals surface area (Å²) in [6.07, 6.45) is 2.82. The molecule has 0 bridgehead atoms. The van der Waals surface area contributed by atoms with Crippen LogP contribution in [0.1, 0.15) is 50.4 Å². The first-order chi connectivity index (χ1) is 11.3. The van der Waals surface area contributed by atoms with E-state index >= 15 is 0 Å². The van der Waals surface area contributed by atoms with Crippen LogP contribution in [0, 0.1) is 11.2 Å². The lowest BCUT2D eigenvalue weighted by molar-refractivity contribution is 0.102. The van der Waals surface area contributed by atoms with Crippen LogP contribution in [0.3, 0.4) is 0 Å². The number of thioether (sulfide) groups is 1. The minimum absolute atomic E-state index is 0.0524. The highest BCUT2D eigenvalue weighted by Gasteiger charge is 2.66. The molecule has 1 aliphatic carbocycles. The maximum atomic E-state index is 12.9. The zero-order valence-electron chi connectivity index (χ0n) is 14.5. The molecule has 2 aliphatic rings. The van der Waals surface area contributed by atoms with Crippen molar-refractivity contribution in [2.24, 2.45) is 0 Å². The Morgan fingerprint density at radius 3 is 2.67 bits per heavy atom. The van der Waals surface area contributed by atoms with Gasteiger partial charge in [0.1, 0.15) is 5.82 Å². The van der Waals surface area contributed by atoms with E-state index < -0.39 is 0 Å². The van der Waals surface area contributed by atoms with Crippen LogP contribution < -0.4 is 0 Å². The Bertz CT molecular complexity index is 645. The number of carbonyl (C=O) groups excluding carboxylic acids is 1. The number of carbonyl (C=O) groups is 1. The number of Topliss-reactive ketones (excluding diaryl/α,β-unsaturated/α-hetero) is 1. The van der Waals surface area contributed by atoms with Gasteiger partial charge in [0, 0.05) is 47.0 Å². The highest BCUT2D eigenvalue weighted by atomic mass is 32.2. The van der Waals surface area contributed by atoms with E-state index in [0.717, 1.165) is 25.0 Å². The Morgan fingerprint density at radius 1 is 1.38 bits per heavy atom. The van der Waals surface area contributed by atoms with E-state index in [1.807, 2.05) is 0 Å². The first-order valence-electron chi connectivity index (χ1n) is 8.58. The Kier molecular flexibility index (Phi) is 4.85. The maximum absolute atomic E-state index is 12.9. The van der Waals surface area contributed by atoms with Crippen molar-refractivity contribution in [3.05, 3.63) is 35.6 Å². The molecule has 4 atom stereocenters. The number of hydrogen-bond acceptors (Lipinski definition) is 4. The fraction of sp³-hybridized carbons (Fsp3) is 0.579. The number of hydrogen-bond donors (Lipinski definition) is 1. The maximum Gasteiger partial charge on any atom is 0.172 e. The highest BCUT2D eigenvalue weighted by molar-refractivity contribution is 8.00. The topological polar surface area (TPSA) is 43.9 Å². The van der Waals surface area contributed by atoms with E-state index in [9.17, 15) is 9.18 Å². The molecule has 1 aliphatic heterocycles. The number of likely N-dealkylation sites (tertiary alicyclic amines) is 1. The lowest BCUT2D eigenvalue weighted by Gasteiger charge is -2.22. The number of nitrogens with zero attached hydrogens (tertiary/aromatic N) is 1. The van der Waals surface area contributed by atoms with E-state index in [1.165, 1.54) is 12.1 Å². The first-order valence-corrected chi connectivity index (χ1v) is 9.63. The smallest absolute Gasteiger partial charge is 0.172 e. The van der Waals surface area contributed by atoms with Gasteiger partial charge in [-0.2, -0.15) is 11.8 Å². The van der Waals surface area contributed by atoms with Gasteiger partial charge in [0.05, 0.1) is 5.75 Å². The van der Waals surface area contributed by atoms with Gasteiger partial charge < -0.3 is 5.41 Å². The summed E-state index contributed by atoms with van der Waals surface area (Å²) in [5.41, 5.74) is 1.61. The molecule has 2 fully saturated rings. The summed E-state index contributed by atoms with van der Waals surface area (Å²) in [5.74, 6) is 0.160. The molecule has 1 aromatic carbocycles. The van der Waals surface area contributed by atoms with Crippen LogP contribution in [0.5, 0.6) is 0 Å². The Hall–Kier alpha value is -1.20. The molecule has 1 saturated carbocycles. The minimum atomic E-state index is -0.316. The van der Waals surface area contributed by atoms with Gasteiger partial charge in [-0.15, -0.1) is 0 Å². The summed E-state index contributed by atoms with van der Waals surface area (Å²) in [5, 5.41) is 8.36. The fourth-order valence-electron chi connectivity index (χ4n) is 4.32. The van der Waals surface area contributed by atoms with Crippen LogP contribution in [-0.4, -0.2) is 45.0 Å². The summed E-state index contributed by atoms with van der Waals surface area (Å²) in [7, 11) is 0. The van der Waals surface area contributed by atoms with E-state index in [4.69, 9.17) is 5.41 Å². The zero-order valence-corrected chi connectivity index (χ0v) is 15.3. The van der Waals surface area contributed by atoms with Crippen molar-refractivity contribution in [1.29, 1.82) is 5.41 Å². The fourth-order valence-corrected chi connectivity index (χ4v) is 5.33. The number of nitrogens with one attached hydrogen (secondary N) is 1. The van der Waals surface area contributed by atoms with Crippen molar-refractivity contribution in [1.82, 2.24) is 4.90 Å². The van der Waals surface area contributed by atoms with Crippen molar-refractivity contribution in [2.75, 3.05) is 5.75 Å². The minimum Gasteiger partial charge on any atom is -0.310 e. The molecule has 0 aromatic heterocycles. The molecule has 1 saturated heterocycles. The van der Waals surface area contributed by atoms with E-state index in [2.05, 4.69) is 25.7 Å². The number of halogens is 1. The molecule has 24 heavy (non-hydrogen) atoms. The molecule has 3 rings (SSSR count). The van der Waals surface area contributed by atoms with Gasteiger partial charge in [0.15, 0.2) is 5.78 Å². The number of ketones is 1. The van der Waals surface area contributed by atoms with Crippen LogP contribution in [0.15, 0.2) is 24.3 Å². The lowest BCUT2D eigenvalue weighted by Crippen LogP contribution is -2.28. The normalized spacial score (nSPS) is 29.6. The third-order valence-corrected chi connectivity index (χ3v) is 6.39. The van der Waals surface area contributed by atoms with Crippen molar-refractivity contribution >= 4 is 23.3 Å². The highest BCUT2D eigenvalue weighted by Crippen LogP contribution is 2.56. The predicted molar refractivity (Wildman–Crippen MR) is 97.7 cm³/mol. The largest absolute Gasteiger partial charge is 0.310 e. The average Bonchev–Trinajstić information content (AvgIpc) is 2.97. The van der Waals surface area contributed by atoms with Crippen LogP contribution in [0.4, 0.5) is 4.39 Å². The molecule has 4 unspecified atom stereocenters. The van der Waals surface area contributed by atoms with Crippen LogP contribution in [0.25, 0.3) is 0 Å². The zero-order chi connectivity index (χ0) is 17.5. The van der Waals surface area contributed by atoms with Gasteiger partial charge in [-0.25, -0.2) is 4.39 Å². The van der Waals surface area contributed by atoms with Crippen molar-refractivity contribution in [2.45, 2.75) is 62.9 Å².